The van der Waals surface area contributed by atoms with Gasteiger partial charge in [0.05, 0.1) is 11.3 Å². The van der Waals surface area contributed by atoms with E-state index in [0.717, 1.165) is 16.7 Å². The first-order chi connectivity index (χ1) is 8.39. The fourth-order valence-electron chi connectivity index (χ4n) is 2.41. The number of halogens is 1. The molecule has 1 aromatic rings. The Morgan fingerprint density at radius 1 is 1.50 bits per heavy atom. The van der Waals surface area contributed by atoms with Crippen LogP contribution in [0.25, 0.3) is 0 Å². The molecule has 2 unspecified atom stereocenters. The number of β-amino-alcohol motifs (C(OH)–C–C–N with tert-alkyl or cyclic N) is 1. The Labute approximate surface area is 117 Å². The van der Waals surface area contributed by atoms with Crippen LogP contribution in [0.5, 0.6) is 0 Å². The molecule has 1 fully saturated rings. The molecule has 2 N–H and O–H groups in total. The van der Waals surface area contributed by atoms with Crippen LogP contribution in [0, 0.1) is 6.92 Å². The molecule has 1 aliphatic heterocycles. The van der Waals surface area contributed by atoms with Crippen LogP contribution >= 0.6 is 15.9 Å². The predicted octanol–water partition coefficient (Wildman–Crippen LogP) is 2.31. The molecule has 0 aliphatic carbocycles. The molecule has 100 valence electrons. The molecular formula is C14H21BrN2O. The largest absolute Gasteiger partial charge is 0.387 e. The van der Waals surface area contributed by atoms with E-state index in [0.29, 0.717) is 19.1 Å². The minimum absolute atomic E-state index is 0.359. The third-order valence-corrected chi connectivity index (χ3v) is 4.04. The lowest BCUT2D eigenvalue weighted by atomic mass is 10.1. The molecule has 0 amide bonds. The van der Waals surface area contributed by atoms with Gasteiger partial charge in [-0.05, 0) is 54.4 Å². The molecule has 0 radical (unpaired) electrons. The number of nitrogens with one attached hydrogen (secondary N) is 1. The second kappa shape index (κ2) is 5.19. The van der Waals surface area contributed by atoms with E-state index in [1.54, 1.807) is 0 Å². The van der Waals surface area contributed by atoms with Gasteiger partial charge in [-0.15, -0.1) is 0 Å². The average Bonchev–Trinajstić information content (AvgIpc) is 2.38. The van der Waals surface area contributed by atoms with Crippen molar-refractivity contribution in [1.82, 2.24) is 5.32 Å². The molecule has 4 heteroatoms. The standard InChI is InChI=1S/C14H21BrN2O/c1-10-4-5-13(12(15)6-10)17-9-14(3,18)8-16-7-11(17)2/h4-6,11,16,18H,7-9H2,1-3H3. The third kappa shape index (κ3) is 3.05. The average molecular weight is 313 g/mol. The summed E-state index contributed by atoms with van der Waals surface area (Å²) in [4.78, 5) is 2.27. The number of aryl methyl sites for hydroxylation is 1. The summed E-state index contributed by atoms with van der Waals surface area (Å²) >= 11 is 3.63. The maximum Gasteiger partial charge on any atom is 0.0917 e. The first-order valence-corrected chi connectivity index (χ1v) is 7.14. The summed E-state index contributed by atoms with van der Waals surface area (Å²) in [6.07, 6.45) is 0. The summed E-state index contributed by atoms with van der Waals surface area (Å²) in [6, 6.07) is 6.71. The van der Waals surface area contributed by atoms with E-state index in [1.165, 1.54) is 5.56 Å². The van der Waals surface area contributed by atoms with Gasteiger partial charge in [0, 0.05) is 30.1 Å². The van der Waals surface area contributed by atoms with Gasteiger partial charge < -0.3 is 15.3 Å². The van der Waals surface area contributed by atoms with E-state index < -0.39 is 5.60 Å². The summed E-state index contributed by atoms with van der Waals surface area (Å²) in [5.74, 6) is 0. The van der Waals surface area contributed by atoms with Crippen molar-refractivity contribution in [2.75, 3.05) is 24.5 Å². The second-order valence-electron chi connectivity index (χ2n) is 5.56. The SMILES string of the molecule is Cc1ccc(N2CC(C)(O)CNCC2C)c(Br)c1. The molecule has 3 nitrogen and oxygen atoms in total. The van der Waals surface area contributed by atoms with Crippen LogP contribution in [0.15, 0.2) is 22.7 Å². The van der Waals surface area contributed by atoms with Crippen molar-refractivity contribution in [2.24, 2.45) is 0 Å². The number of hydrogen-bond acceptors (Lipinski definition) is 3. The monoisotopic (exact) mass is 312 g/mol. The molecule has 1 heterocycles. The van der Waals surface area contributed by atoms with Crippen molar-refractivity contribution in [3.05, 3.63) is 28.2 Å². The Kier molecular flexibility index (Phi) is 3.99. The number of hydrogen-bond donors (Lipinski definition) is 2. The predicted molar refractivity (Wildman–Crippen MR) is 79.2 cm³/mol. The van der Waals surface area contributed by atoms with Crippen LogP contribution in [-0.2, 0) is 0 Å². The van der Waals surface area contributed by atoms with Crippen LogP contribution in [0.1, 0.15) is 19.4 Å². The summed E-state index contributed by atoms with van der Waals surface area (Å²) < 4.78 is 1.09. The maximum atomic E-state index is 10.3. The van der Waals surface area contributed by atoms with Gasteiger partial charge in [-0.1, -0.05) is 6.07 Å². The minimum Gasteiger partial charge on any atom is -0.387 e. The van der Waals surface area contributed by atoms with Crippen LogP contribution in [0.4, 0.5) is 5.69 Å². The topological polar surface area (TPSA) is 35.5 Å². The molecule has 1 aliphatic rings. The molecule has 0 spiro atoms. The second-order valence-corrected chi connectivity index (χ2v) is 6.41. The Bertz CT molecular complexity index is 434. The highest BCUT2D eigenvalue weighted by Gasteiger charge is 2.30. The first kappa shape index (κ1) is 13.8. The highest BCUT2D eigenvalue weighted by molar-refractivity contribution is 9.10. The number of anilines is 1. The lowest BCUT2D eigenvalue weighted by Crippen LogP contribution is -2.45. The Morgan fingerprint density at radius 3 is 2.89 bits per heavy atom. The molecule has 0 saturated carbocycles. The van der Waals surface area contributed by atoms with Gasteiger partial charge >= 0.3 is 0 Å². The zero-order valence-electron chi connectivity index (χ0n) is 11.2. The van der Waals surface area contributed by atoms with Crippen LogP contribution in [0.3, 0.4) is 0 Å². The molecular weight excluding hydrogens is 292 g/mol. The summed E-state index contributed by atoms with van der Waals surface area (Å²) in [5, 5.41) is 13.6. The molecule has 2 atom stereocenters. The normalized spacial score (nSPS) is 29.2. The Morgan fingerprint density at radius 2 is 2.22 bits per heavy atom. The van der Waals surface area contributed by atoms with E-state index in [-0.39, 0.29) is 0 Å². The highest BCUT2D eigenvalue weighted by atomic mass is 79.9. The van der Waals surface area contributed by atoms with Crippen LogP contribution in [-0.4, -0.2) is 36.4 Å². The van der Waals surface area contributed by atoms with Gasteiger partial charge in [-0.2, -0.15) is 0 Å². The lowest BCUT2D eigenvalue weighted by Gasteiger charge is -2.34. The quantitative estimate of drug-likeness (QED) is 0.835. The first-order valence-electron chi connectivity index (χ1n) is 6.35. The number of rotatable bonds is 1. The maximum absolute atomic E-state index is 10.3. The fourth-order valence-corrected chi connectivity index (χ4v) is 3.13. The minimum atomic E-state index is -0.699. The zero-order valence-corrected chi connectivity index (χ0v) is 12.8. The zero-order chi connectivity index (χ0) is 13.3. The van der Waals surface area contributed by atoms with Gasteiger partial charge in [-0.3, -0.25) is 0 Å². The van der Waals surface area contributed by atoms with Crippen LogP contribution < -0.4 is 10.2 Å². The van der Waals surface area contributed by atoms with E-state index >= 15 is 0 Å². The van der Waals surface area contributed by atoms with Gasteiger partial charge in [0.1, 0.15) is 0 Å². The van der Waals surface area contributed by atoms with Crippen molar-refractivity contribution >= 4 is 21.6 Å². The van der Waals surface area contributed by atoms with Crippen molar-refractivity contribution in [1.29, 1.82) is 0 Å². The van der Waals surface area contributed by atoms with Crippen molar-refractivity contribution in [3.8, 4) is 0 Å². The molecule has 1 saturated heterocycles. The van der Waals surface area contributed by atoms with E-state index in [2.05, 4.69) is 58.2 Å². The molecule has 1 aromatic carbocycles. The van der Waals surface area contributed by atoms with E-state index in [4.69, 9.17) is 0 Å². The van der Waals surface area contributed by atoms with Gasteiger partial charge in [0.25, 0.3) is 0 Å². The number of nitrogens with zero attached hydrogens (tertiary/aromatic N) is 1. The lowest BCUT2D eigenvalue weighted by molar-refractivity contribution is 0.0726. The van der Waals surface area contributed by atoms with Crippen molar-refractivity contribution in [2.45, 2.75) is 32.4 Å². The van der Waals surface area contributed by atoms with Gasteiger partial charge in [0.15, 0.2) is 0 Å². The van der Waals surface area contributed by atoms with Crippen LogP contribution in [0.2, 0.25) is 0 Å². The Balaban J connectivity index is 2.33. The molecule has 18 heavy (non-hydrogen) atoms. The summed E-state index contributed by atoms with van der Waals surface area (Å²) in [7, 11) is 0. The molecule has 0 bridgehead atoms. The van der Waals surface area contributed by atoms with E-state index in [1.807, 2.05) is 6.92 Å². The van der Waals surface area contributed by atoms with Gasteiger partial charge in [0.2, 0.25) is 0 Å². The molecule has 0 aromatic heterocycles. The fraction of sp³-hybridized carbons (Fsp3) is 0.571. The number of aliphatic hydroxyl groups is 1. The van der Waals surface area contributed by atoms with E-state index in [9.17, 15) is 5.11 Å². The molecule has 2 rings (SSSR count). The van der Waals surface area contributed by atoms with Crippen molar-refractivity contribution in [3.63, 3.8) is 0 Å². The summed E-state index contributed by atoms with van der Waals surface area (Å²) in [6.45, 7) is 8.31. The van der Waals surface area contributed by atoms with Gasteiger partial charge in [-0.25, -0.2) is 0 Å². The third-order valence-electron chi connectivity index (χ3n) is 3.40. The highest BCUT2D eigenvalue weighted by Crippen LogP contribution is 2.30. The smallest absolute Gasteiger partial charge is 0.0917 e. The summed E-state index contributed by atoms with van der Waals surface area (Å²) in [5.41, 5.74) is 1.68. The van der Waals surface area contributed by atoms with Crippen molar-refractivity contribution < 1.29 is 5.11 Å². The Hall–Kier alpha value is -0.580. The number of benzene rings is 1.